The zero-order valence-electron chi connectivity index (χ0n) is 22.7. The summed E-state index contributed by atoms with van der Waals surface area (Å²) in [6.07, 6.45) is 5.09. The number of amides is 2. The van der Waals surface area contributed by atoms with Crippen LogP contribution in [0, 0.1) is 5.92 Å². The quantitative estimate of drug-likeness (QED) is 0.265. The van der Waals surface area contributed by atoms with Crippen molar-refractivity contribution in [2.75, 3.05) is 13.1 Å². The first kappa shape index (κ1) is 27.8. The molecule has 10 heteroatoms. The Labute approximate surface area is 252 Å². The van der Waals surface area contributed by atoms with Gasteiger partial charge in [-0.05, 0) is 72.6 Å². The summed E-state index contributed by atoms with van der Waals surface area (Å²) in [6.45, 7) is 1.68. The Morgan fingerprint density at radius 3 is 2.55 bits per heavy atom. The average molecular weight is 598 g/mol. The first-order chi connectivity index (χ1) is 20.4. The third-order valence-corrected chi connectivity index (χ3v) is 8.55. The second-order valence-corrected chi connectivity index (χ2v) is 11.6. The molecule has 0 aliphatic carbocycles. The number of thioether (sulfide) groups is 1. The number of piperidine rings is 1. The number of hydrogen-bond donors (Lipinski definition) is 1. The van der Waals surface area contributed by atoms with E-state index < -0.39 is 0 Å². The molecule has 212 valence electrons. The van der Waals surface area contributed by atoms with E-state index in [-0.39, 0.29) is 17.7 Å². The van der Waals surface area contributed by atoms with Crippen molar-refractivity contribution in [1.82, 2.24) is 14.7 Å². The maximum absolute atomic E-state index is 13.0. The second-order valence-electron chi connectivity index (χ2n) is 10.1. The van der Waals surface area contributed by atoms with Crippen molar-refractivity contribution in [1.29, 1.82) is 0 Å². The van der Waals surface area contributed by atoms with E-state index in [0.29, 0.717) is 59.1 Å². The fraction of sp³-hybridized carbons (Fsp3) is 0.188. The maximum atomic E-state index is 13.0. The van der Waals surface area contributed by atoms with E-state index in [1.54, 1.807) is 0 Å². The molecule has 2 aliphatic rings. The summed E-state index contributed by atoms with van der Waals surface area (Å²) in [5.41, 5.74) is 9.75. The van der Waals surface area contributed by atoms with Crippen molar-refractivity contribution in [2.24, 2.45) is 16.6 Å². The highest BCUT2D eigenvalue weighted by atomic mass is 35.5. The molecule has 2 N–H and O–H groups in total. The number of aromatic nitrogens is 2. The Morgan fingerprint density at radius 1 is 1.05 bits per heavy atom. The minimum Gasteiger partial charge on any atom is -0.489 e. The fourth-order valence-electron chi connectivity index (χ4n) is 4.94. The van der Waals surface area contributed by atoms with E-state index in [0.717, 1.165) is 22.4 Å². The largest absolute Gasteiger partial charge is 0.489 e. The van der Waals surface area contributed by atoms with Crippen molar-refractivity contribution in [3.8, 4) is 22.7 Å². The molecule has 3 heterocycles. The lowest BCUT2D eigenvalue weighted by molar-refractivity contribution is -0.123. The topological polar surface area (TPSA) is 103 Å². The molecule has 0 radical (unpaired) electrons. The van der Waals surface area contributed by atoms with Gasteiger partial charge in [0.15, 0.2) is 5.17 Å². The number of carbonyl (C=O) groups excluding carboxylic acids is 2. The van der Waals surface area contributed by atoms with Gasteiger partial charge in [0.2, 0.25) is 5.91 Å². The highest BCUT2D eigenvalue weighted by molar-refractivity contribution is 8.18. The number of nitrogens with two attached hydrogens (primary N) is 1. The number of aliphatic imine (C=N–C) groups is 1. The summed E-state index contributed by atoms with van der Waals surface area (Å²) >= 11 is 7.36. The van der Waals surface area contributed by atoms with Gasteiger partial charge in [-0.2, -0.15) is 10.1 Å². The summed E-state index contributed by atoms with van der Waals surface area (Å²) in [7, 11) is 0. The number of hydrogen-bond acceptors (Lipinski definition) is 6. The number of carbonyl (C=O) groups is 2. The van der Waals surface area contributed by atoms with Gasteiger partial charge in [0.05, 0.1) is 10.6 Å². The molecule has 0 bridgehead atoms. The Balaban J connectivity index is 1.27. The molecule has 2 aliphatic heterocycles. The van der Waals surface area contributed by atoms with E-state index >= 15 is 0 Å². The minimum absolute atomic E-state index is 0.128. The van der Waals surface area contributed by atoms with Crippen LogP contribution in [0.25, 0.3) is 23.0 Å². The summed E-state index contributed by atoms with van der Waals surface area (Å²) in [5.74, 6) is 0.0168. The number of benzene rings is 3. The Kier molecular flexibility index (Phi) is 8.12. The molecule has 0 atom stereocenters. The van der Waals surface area contributed by atoms with Crippen LogP contribution in [0.2, 0.25) is 5.02 Å². The van der Waals surface area contributed by atoms with Crippen molar-refractivity contribution < 1.29 is 14.3 Å². The Morgan fingerprint density at radius 2 is 1.81 bits per heavy atom. The lowest BCUT2D eigenvalue weighted by Gasteiger charge is -2.31. The van der Waals surface area contributed by atoms with Crippen LogP contribution in [0.5, 0.6) is 5.75 Å². The van der Waals surface area contributed by atoms with Crippen LogP contribution in [0.15, 0.2) is 95.0 Å². The lowest BCUT2D eigenvalue weighted by atomic mass is 9.97. The van der Waals surface area contributed by atoms with Gasteiger partial charge in [-0.25, -0.2) is 4.68 Å². The van der Waals surface area contributed by atoms with Gasteiger partial charge in [0, 0.05) is 41.4 Å². The summed E-state index contributed by atoms with van der Waals surface area (Å²) in [5, 5.41) is 6.25. The number of nitrogens with zero attached hydrogens (tertiary/aromatic N) is 4. The molecule has 0 spiro atoms. The molecular weight excluding hydrogens is 570 g/mol. The van der Waals surface area contributed by atoms with Crippen LogP contribution in [0.1, 0.15) is 24.0 Å². The Hall–Kier alpha value is -4.34. The maximum Gasteiger partial charge on any atom is 0.286 e. The molecule has 1 fully saturated rings. The third-order valence-electron chi connectivity index (χ3n) is 7.25. The van der Waals surface area contributed by atoms with Gasteiger partial charge in [-0.1, -0.05) is 54.1 Å². The average Bonchev–Trinajstić information content (AvgIpc) is 3.61. The molecule has 1 saturated heterocycles. The molecule has 0 saturated carbocycles. The fourth-order valence-corrected chi connectivity index (χ4v) is 6.02. The summed E-state index contributed by atoms with van der Waals surface area (Å²) < 4.78 is 7.88. The lowest BCUT2D eigenvalue weighted by Crippen LogP contribution is -2.40. The first-order valence-electron chi connectivity index (χ1n) is 13.6. The predicted molar refractivity (Wildman–Crippen MR) is 166 cm³/mol. The van der Waals surface area contributed by atoms with Gasteiger partial charge in [0.1, 0.15) is 18.1 Å². The Bertz CT molecular complexity index is 1680. The predicted octanol–water partition coefficient (Wildman–Crippen LogP) is 5.94. The van der Waals surface area contributed by atoms with Crippen molar-refractivity contribution in [3.63, 3.8) is 0 Å². The highest BCUT2D eigenvalue weighted by Gasteiger charge is 2.31. The molecule has 3 aromatic carbocycles. The molecule has 42 heavy (non-hydrogen) atoms. The van der Waals surface area contributed by atoms with Crippen LogP contribution < -0.4 is 10.5 Å². The van der Waals surface area contributed by atoms with Crippen molar-refractivity contribution >= 4 is 46.4 Å². The van der Waals surface area contributed by atoms with Gasteiger partial charge >= 0.3 is 0 Å². The number of ether oxygens (including phenoxy) is 1. The smallest absolute Gasteiger partial charge is 0.286 e. The minimum atomic E-state index is -0.287. The molecule has 0 unspecified atom stereocenters. The molecule has 6 rings (SSSR count). The standard InChI is InChI=1S/C32H28ClN5O3S/c33-25-11-9-21(10-12-25)20-41-27-8-4-5-23(17-27)29-24(19-38(36-29)26-6-2-1-3-7-26)18-28-31(40)35-32(42-28)37-15-13-22(14-16-37)30(34)39/h1-12,17-19,22H,13-16,20H2,(H2,34,39). The van der Waals surface area contributed by atoms with Crippen molar-refractivity contribution in [2.45, 2.75) is 19.4 Å². The second kappa shape index (κ2) is 12.3. The number of likely N-dealkylation sites (tertiary alicyclic amines) is 1. The normalized spacial score (nSPS) is 16.6. The van der Waals surface area contributed by atoms with Crippen LogP contribution >= 0.6 is 23.4 Å². The van der Waals surface area contributed by atoms with E-state index in [1.165, 1.54) is 11.8 Å². The SMILES string of the molecule is NC(=O)C1CCN(C2=NC(=O)C(=Cc3cn(-c4ccccc4)nc3-c3cccc(OCc4ccc(Cl)cc4)c3)S2)CC1. The molecular formula is C32H28ClN5O3S. The van der Waals surface area contributed by atoms with Crippen LogP contribution in [-0.4, -0.2) is 44.8 Å². The van der Waals surface area contributed by atoms with Gasteiger partial charge in [-0.15, -0.1) is 0 Å². The highest BCUT2D eigenvalue weighted by Crippen LogP contribution is 2.35. The molecule has 1 aromatic heterocycles. The van der Waals surface area contributed by atoms with Gasteiger partial charge < -0.3 is 15.4 Å². The zero-order valence-corrected chi connectivity index (χ0v) is 24.2. The van der Waals surface area contributed by atoms with Crippen LogP contribution in [-0.2, 0) is 16.2 Å². The summed E-state index contributed by atoms with van der Waals surface area (Å²) in [4.78, 5) is 31.5. The van der Waals surface area contributed by atoms with Gasteiger partial charge in [0.25, 0.3) is 5.91 Å². The van der Waals surface area contributed by atoms with Crippen LogP contribution in [0.3, 0.4) is 0 Å². The monoisotopic (exact) mass is 597 g/mol. The molecule has 4 aromatic rings. The van der Waals surface area contributed by atoms with Crippen molar-refractivity contribution in [3.05, 3.63) is 106 Å². The number of para-hydroxylation sites is 1. The van der Waals surface area contributed by atoms with Crippen LogP contribution in [0.4, 0.5) is 0 Å². The zero-order chi connectivity index (χ0) is 29.1. The van der Waals surface area contributed by atoms with E-state index in [2.05, 4.69) is 9.89 Å². The number of rotatable bonds is 7. The number of amidine groups is 1. The number of primary amides is 1. The third kappa shape index (κ3) is 6.27. The summed E-state index contributed by atoms with van der Waals surface area (Å²) in [6, 6.07) is 25.1. The van der Waals surface area contributed by atoms with Gasteiger partial charge in [-0.3, -0.25) is 9.59 Å². The van der Waals surface area contributed by atoms with E-state index in [4.69, 9.17) is 27.2 Å². The van der Waals surface area contributed by atoms with E-state index in [9.17, 15) is 9.59 Å². The first-order valence-corrected chi connectivity index (χ1v) is 14.8. The molecule has 8 nitrogen and oxygen atoms in total. The van der Waals surface area contributed by atoms with E-state index in [1.807, 2.05) is 95.8 Å². The number of halogens is 1. The molecule has 2 amide bonds.